The largest absolute Gasteiger partial charge is 0.385 e. The monoisotopic (exact) mass is 741 g/mol. The second-order valence-electron chi connectivity index (χ2n) is 12.9. The lowest BCUT2D eigenvalue weighted by Crippen LogP contribution is -2.28. The Morgan fingerprint density at radius 1 is 0.864 bits per heavy atom. The van der Waals surface area contributed by atoms with Gasteiger partial charge in [-0.1, -0.05) is 69.5 Å². The molecule has 2 aromatic carbocycles. The van der Waals surface area contributed by atoms with Gasteiger partial charge in [0.1, 0.15) is 0 Å². The fourth-order valence-corrected chi connectivity index (χ4v) is 7.92. The van der Waals surface area contributed by atoms with E-state index < -0.39 is 0 Å². The van der Waals surface area contributed by atoms with Crippen LogP contribution in [0.1, 0.15) is 64.5 Å². The third-order valence-electron chi connectivity index (χ3n) is 9.28. The molecule has 0 amide bonds. The molecule has 2 aromatic rings. The molecule has 2 heterocycles. The number of benzene rings is 2. The van der Waals surface area contributed by atoms with Crippen molar-refractivity contribution < 1.29 is 14.0 Å². The van der Waals surface area contributed by atoms with Gasteiger partial charge in [-0.25, -0.2) is 0 Å². The molecular formula is C37H44Br2ClN2O2+. The first-order valence-corrected chi connectivity index (χ1v) is 17.5. The summed E-state index contributed by atoms with van der Waals surface area (Å²) in [6.07, 6.45) is 12.9. The minimum Gasteiger partial charge on any atom is -0.385 e. The third-order valence-corrected chi connectivity index (χ3v) is 10.8. The Balaban J connectivity index is 1.46. The zero-order valence-electron chi connectivity index (χ0n) is 26.8. The number of fused-ring (bicyclic) bond motifs is 2. The highest BCUT2D eigenvalue weighted by Gasteiger charge is 2.44. The van der Waals surface area contributed by atoms with Crippen molar-refractivity contribution >= 4 is 60.5 Å². The van der Waals surface area contributed by atoms with Crippen molar-refractivity contribution in [2.75, 3.05) is 45.4 Å². The number of allylic oxidation sites excluding steroid dienone is 8. The Bertz CT molecular complexity index is 1580. The predicted octanol–water partition coefficient (Wildman–Crippen LogP) is 10.1. The molecule has 0 radical (unpaired) electrons. The Hall–Kier alpha value is -1.96. The van der Waals surface area contributed by atoms with E-state index in [-0.39, 0.29) is 10.8 Å². The van der Waals surface area contributed by atoms with E-state index in [2.05, 4.69) is 130 Å². The highest BCUT2D eigenvalue weighted by molar-refractivity contribution is 9.10. The normalized spacial score (nSPS) is 20.6. The number of nitrogens with zero attached hydrogens (tertiary/aromatic N) is 2. The van der Waals surface area contributed by atoms with Gasteiger partial charge >= 0.3 is 0 Å². The minimum atomic E-state index is -0.123. The smallest absolute Gasteiger partial charge is 0.209 e. The van der Waals surface area contributed by atoms with Gasteiger partial charge in [-0.2, -0.15) is 4.58 Å². The summed E-state index contributed by atoms with van der Waals surface area (Å²) >= 11 is 14.5. The third kappa shape index (κ3) is 6.48. The molecule has 0 atom stereocenters. The van der Waals surface area contributed by atoms with E-state index in [1.165, 1.54) is 45.1 Å². The van der Waals surface area contributed by atoms with Gasteiger partial charge in [0.2, 0.25) is 5.69 Å². The summed E-state index contributed by atoms with van der Waals surface area (Å²) in [5, 5.41) is 0.877. The molecule has 5 rings (SSSR count). The van der Waals surface area contributed by atoms with Crippen LogP contribution in [0.25, 0.3) is 0 Å². The predicted molar refractivity (Wildman–Crippen MR) is 192 cm³/mol. The Labute approximate surface area is 285 Å². The number of ether oxygens (including phenoxy) is 2. The molecule has 0 saturated carbocycles. The molecule has 4 nitrogen and oxygen atoms in total. The van der Waals surface area contributed by atoms with Gasteiger partial charge in [-0.15, -0.1) is 0 Å². The van der Waals surface area contributed by atoms with Gasteiger partial charge in [0, 0.05) is 82.3 Å². The van der Waals surface area contributed by atoms with E-state index in [4.69, 9.17) is 21.1 Å². The van der Waals surface area contributed by atoms with Gasteiger partial charge in [0.25, 0.3) is 0 Å². The van der Waals surface area contributed by atoms with Gasteiger partial charge in [-0.3, -0.25) is 0 Å². The molecule has 0 spiro atoms. The second kappa shape index (κ2) is 13.8. The lowest BCUT2D eigenvalue weighted by Gasteiger charge is -2.27. The fraction of sp³-hybridized carbons (Fsp3) is 0.432. The molecule has 0 N–H and O–H groups in total. The van der Waals surface area contributed by atoms with E-state index in [1.807, 2.05) is 0 Å². The second-order valence-corrected chi connectivity index (χ2v) is 15.1. The van der Waals surface area contributed by atoms with Crippen molar-refractivity contribution in [3.05, 3.63) is 103 Å². The van der Waals surface area contributed by atoms with Crippen LogP contribution in [0.2, 0.25) is 0 Å². The summed E-state index contributed by atoms with van der Waals surface area (Å²) < 4.78 is 15.4. The highest BCUT2D eigenvalue weighted by Crippen LogP contribution is 2.49. The molecule has 7 heteroatoms. The molecule has 3 aliphatic rings. The molecule has 0 fully saturated rings. The number of halogens is 3. The molecule has 0 unspecified atom stereocenters. The standard InChI is InChI=1S/C37H44Br2ClN2O2/c1-36(2)29-23-27(38)13-15-31(29)41(19-7-21-43-5)33(36)17-11-25-9-10-26(35(25)40)12-18-34-37(3,4)30-24-28(39)14-16-32(30)42(34)20-8-22-44-6/h11-18,23-24H,7-10,19-22H2,1-6H3/q+1. The Kier molecular flexibility index (Phi) is 10.5. The maximum atomic E-state index is 7.10. The molecular weight excluding hydrogens is 700 g/mol. The molecule has 234 valence electrons. The lowest BCUT2D eigenvalue weighted by atomic mass is 9.81. The van der Waals surface area contributed by atoms with E-state index >= 15 is 0 Å². The van der Waals surface area contributed by atoms with E-state index in [0.29, 0.717) is 0 Å². The average Bonchev–Trinajstić information content (AvgIpc) is 3.51. The number of anilines is 1. The number of hydrogen-bond donors (Lipinski definition) is 0. The minimum absolute atomic E-state index is 0.123. The fourth-order valence-electron chi connectivity index (χ4n) is 6.88. The van der Waals surface area contributed by atoms with Crippen LogP contribution in [-0.2, 0) is 20.3 Å². The number of methoxy groups -OCH3 is 2. The van der Waals surface area contributed by atoms with Crippen LogP contribution in [0.3, 0.4) is 0 Å². The van der Waals surface area contributed by atoms with Crippen molar-refractivity contribution in [3.63, 3.8) is 0 Å². The van der Waals surface area contributed by atoms with Gasteiger partial charge in [0.05, 0.1) is 12.0 Å². The first-order valence-electron chi connectivity index (χ1n) is 15.5. The average molecular weight is 744 g/mol. The summed E-state index contributed by atoms with van der Waals surface area (Å²) in [4.78, 5) is 2.46. The van der Waals surface area contributed by atoms with Crippen LogP contribution in [0.15, 0.2) is 91.5 Å². The van der Waals surface area contributed by atoms with Crippen LogP contribution in [0, 0.1) is 0 Å². The van der Waals surface area contributed by atoms with Crippen molar-refractivity contribution in [1.82, 2.24) is 0 Å². The summed E-state index contributed by atoms with van der Waals surface area (Å²) in [5.41, 5.74) is 9.96. The molecule has 1 aliphatic carbocycles. The van der Waals surface area contributed by atoms with E-state index in [0.717, 1.165) is 66.0 Å². The summed E-state index contributed by atoms with van der Waals surface area (Å²) in [6.45, 7) is 12.6. The maximum absolute atomic E-state index is 7.10. The SMILES string of the molecule is COCCCN1C(=CC=C2CCC(C=CC3=[N+](CCCOC)c4ccc(Br)cc4C3(C)C)=C2Cl)C(C)(C)c2cc(Br)ccc21. The topological polar surface area (TPSA) is 24.7 Å². The zero-order valence-corrected chi connectivity index (χ0v) is 30.7. The maximum Gasteiger partial charge on any atom is 0.209 e. The van der Waals surface area contributed by atoms with Gasteiger partial charge in [-0.05, 0) is 86.2 Å². The van der Waals surface area contributed by atoms with Gasteiger partial charge < -0.3 is 14.4 Å². The summed E-state index contributed by atoms with van der Waals surface area (Å²) in [7, 11) is 3.53. The molecule has 0 saturated heterocycles. The van der Waals surface area contributed by atoms with Crippen molar-refractivity contribution in [2.24, 2.45) is 0 Å². The van der Waals surface area contributed by atoms with Crippen LogP contribution in [0.5, 0.6) is 0 Å². The van der Waals surface area contributed by atoms with Crippen molar-refractivity contribution in [1.29, 1.82) is 0 Å². The number of hydrogen-bond acceptors (Lipinski definition) is 3. The van der Waals surface area contributed by atoms with Crippen molar-refractivity contribution in [2.45, 2.75) is 64.2 Å². The van der Waals surface area contributed by atoms with E-state index in [9.17, 15) is 0 Å². The molecule has 0 aromatic heterocycles. The first-order chi connectivity index (χ1) is 21.0. The quantitative estimate of drug-likeness (QED) is 0.169. The van der Waals surface area contributed by atoms with Crippen molar-refractivity contribution in [3.8, 4) is 0 Å². The van der Waals surface area contributed by atoms with Crippen LogP contribution < -0.4 is 4.90 Å². The lowest BCUT2D eigenvalue weighted by molar-refractivity contribution is -0.438. The summed E-state index contributed by atoms with van der Waals surface area (Å²) in [5.74, 6) is 0. The molecule has 44 heavy (non-hydrogen) atoms. The first kappa shape index (κ1) is 33.4. The Morgan fingerprint density at radius 2 is 1.55 bits per heavy atom. The summed E-state index contributed by atoms with van der Waals surface area (Å²) in [6, 6.07) is 13.2. The van der Waals surface area contributed by atoms with Crippen LogP contribution in [0.4, 0.5) is 11.4 Å². The Morgan fingerprint density at radius 3 is 2.27 bits per heavy atom. The van der Waals surface area contributed by atoms with Crippen LogP contribution in [-0.4, -0.2) is 50.8 Å². The zero-order chi connectivity index (χ0) is 31.6. The van der Waals surface area contributed by atoms with E-state index in [1.54, 1.807) is 14.2 Å². The number of rotatable bonds is 11. The highest BCUT2D eigenvalue weighted by atomic mass is 79.9. The molecule has 0 bridgehead atoms. The molecule has 2 aliphatic heterocycles. The van der Waals surface area contributed by atoms with Crippen LogP contribution >= 0.6 is 43.5 Å². The van der Waals surface area contributed by atoms with Gasteiger partial charge in [0.15, 0.2) is 12.3 Å².